The lowest BCUT2D eigenvalue weighted by atomic mass is 10.1. The van der Waals surface area contributed by atoms with E-state index in [0.717, 1.165) is 12.1 Å². The molecule has 7 heteroatoms. The zero-order chi connectivity index (χ0) is 13.0. The Balaban J connectivity index is 3.35. The number of nitriles is 1. The molecule has 0 amide bonds. The van der Waals surface area contributed by atoms with Crippen molar-refractivity contribution in [1.82, 2.24) is 0 Å². The highest BCUT2D eigenvalue weighted by Gasteiger charge is 2.22. The van der Waals surface area contributed by atoms with Crippen molar-refractivity contribution in [3.8, 4) is 11.8 Å². The van der Waals surface area contributed by atoms with E-state index in [9.17, 15) is 20.0 Å². The van der Waals surface area contributed by atoms with E-state index in [1.165, 1.54) is 6.07 Å². The molecule has 0 radical (unpaired) electrons. The van der Waals surface area contributed by atoms with Crippen molar-refractivity contribution in [3.05, 3.63) is 33.4 Å². The van der Waals surface area contributed by atoms with Gasteiger partial charge in [0.05, 0.1) is 17.1 Å². The molecule has 0 aliphatic heterocycles. The molecule has 0 unspecified atom stereocenters. The van der Waals surface area contributed by atoms with E-state index in [2.05, 4.69) is 4.74 Å². The van der Waals surface area contributed by atoms with E-state index in [-0.39, 0.29) is 12.2 Å². The highest BCUT2D eigenvalue weighted by molar-refractivity contribution is 5.91. The van der Waals surface area contributed by atoms with Gasteiger partial charge in [-0.3, -0.25) is 10.1 Å². The summed E-state index contributed by atoms with van der Waals surface area (Å²) >= 11 is 0. The molecule has 0 saturated carbocycles. The number of phenols is 1. The van der Waals surface area contributed by atoms with Crippen LogP contribution in [0.1, 0.15) is 22.8 Å². The van der Waals surface area contributed by atoms with Gasteiger partial charge in [-0.15, -0.1) is 0 Å². The van der Waals surface area contributed by atoms with Crippen LogP contribution in [0.25, 0.3) is 0 Å². The summed E-state index contributed by atoms with van der Waals surface area (Å²) in [6, 6.07) is 3.36. The average molecular weight is 236 g/mol. The summed E-state index contributed by atoms with van der Waals surface area (Å²) in [5.41, 5.74) is -1.28. The number of nitro groups is 1. The fourth-order valence-corrected chi connectivity index (χ4v) is 1.20. The average Bonchev–Trinajstić information content (AvgIpc) is 2.28. The minimum atomic E-state index is -0.846. The predicted octanol–water partition coefficient (Wildman–Crippen LogP) is 1.35. The zero-order valence-corrected chi connectivity index (χ0v) is 8.84. The molecule has 7 nitrogen and oxygen atoms in total. The van der Waals surface area contributed by atoms with Crippen LogP contribution in [0.2, 0.25) is 0 Å². The van der Waals surface area contributed by atoms with E-state index < -0.39 is 27.9 Å². The molecule has 0 aliphatic rings. The van der Waals surface area contributed by atoms with Crippen LogP contribution >= 0.6 is 0 Å². The lowest BCUT2D eigenvalue weighted by molar-refractivity contribution is -0.385. The summed E-state index contributed by atoms with van der Waals surface area (Å²) in [5, 5.41) is 28.7. The smallest absolute Gasteiger partial charge is 0.338 e. The third-order valence-corrected chi connectivity index (χ3v) is 1.92. The Morgan fingerprint density at radius 2 is 2.29 bits per heavy atom. The number of carbonyl (C=O) groups excluding carboxylic acids is 1. The maximum atomic E-state index is 11.3. The van der Waals surface area contributed by atoms with Crippen LogP contribution in [0.15, 0.2) is 12.1 Å². The second-order valence-electron chi connectivity index (χ2n) is 2.98. The van der Waals surface area contributed by atoms with Gasteiger partial charge in [0.2, 0.25) is 0 Å². The first kappa shape index (κ1) is 12.4. The Hall–Kier alpha value is -2.62. The van der Waals surface area contributed by atoms with Crippen LogP contribution in [-0.2, 0) is 4.74 Å². The molecule has 0 atom stereocenters. The number of phenolic OH excluding ortho intramolecular Hbond substituents is 1. The predicted molar refractivity (Wildman–Crippen MR) is 55.4 cm³/mol. The number of carbonyl (C=O) groups is 1. The highest BCUT2D eigenvalue weighted by Crippen LogP contribution is 2.28. The molecule has 1 N–H and O–H groups in total. The summed E-state index contributed by atoms with van der Waals surface area (Å²) in [7, 11) is 0. The van der Waals surface area contributed by atoms with Gasteiger partial charge in [0.1, 0.15) is 11.8 Å². The van der Waals surface area contributed by atoms with Crippen LogP contribution in [0.5, 0.6) is 5.75 Å². The number of hydrogen-bond acceptors (Lipinski definition) is 6. The van der Waals surface area contributed by atoms with Crippen molar-refractivity contribution >= 4 is 11.7 Å². The maximum absolute atomic E-state index is 11.3. The summed E-state index contributed by atoms with van der Waals surface area (Å²) in [4.78, 5) is 21.1. The van der Waals surface area contributed by atoms with Crippen molar-refractivity contribution in [2.45, 2.75) is 6.92 Å². The number of nitro benzene ring substituents is 1. The molecule has 0 heterocycles. The number of nitrogens with zero attached hydrogens (tertiary/aromatic N) is 2. The molecule has 17 heavy (non-hydrogen) atoms. The maximum Gasteiger partial charge on any atom is 0.338 e. The molecule has 1 aromatic carbocycles. The SMILES string of the molecule is CCOC(=O)c1cc(O)c(C#N)c([N+](=O)[O-])c1. The second-order valence-corrected chi connectivity index (χ2v) is 2.98. The van der Waals surface area contributed by atoms with Crippen molar-refractivity contribution in [2.75, 3.05) is 6.61 Å². The lowest BCUT2D eigenvalue weighted by Gasteiger charge is -2.04. The fraction of sp³-hybridized carbons (Fsp3) is 0.200. The molecular weight excluding hydrogens is 228 g/mol. The van der Waals surface area contributed by atoms with E-state index >= 15 is 0 Å². The first-order chi connectivity index (χ1) is 8.01. The first-order valence-electron chi connectivity index (χ1n) is 4.59. The van der Waals surface area contributed by atoms with Crippen LogP contribution in [0, 0.1) is 21.4 Å². The van der Waals surface area contributed by atoms with Crippen molar-refractivity contribution in [3.63, 3.8) is 0 Å². The number of hydrogen-bond donors (Lipinski definition) is 1. The fourth-order valence-electron chi connectivity index (χ4n) is 1.20. The first-order valence-corrected chi connectivity index (χ1v) is 4.59. The summed E-state index contributed by atoms with van der Waals surface area (Å²) < 4.78 is 4.64. The molecular formula is C10H8N2O5. The Labute approximate surface area is 96.0 Å². The number of rotatable bonds is 3. The van der Waals surface area contributed by atoms with E-state index in [1.807, 2.05) is 0 Å². The van der Waals surface area contributed by atoms with E-state index in [4.69, 9.17) is 5.26 Å². The highest BCUT2D eigenvalue weighted by atomic mass is 16.6. The monoisotopic (exact) mass is 236 g/mol. The Morgan fingerprint density at radius 1 is 1.65 bits per heavy atom. The third kappa shape index (κ3) is 2.49. The topological polar surface area (TPSA) is 113 Å². The Kier molecular flexibility index (Phi) is 3.62. The van der Waals surface area contributed by atoms with Gasteiger partial charge in [-0.2, -0.15) is 5.26 Å². The standard InChI is InChI=1S/C10H8N2O5/c1-2-17-10(14)6-3-8(12(15)16)7(5-11)9(13)4-6/h3-4,13H,2H2,1H3. The van der Waals surface area contributed by atoms with Gasteiger partial charge < -0.3 is 9.84 Å². The van der Waals surface area contributed by atoms with Gasteiger partial charge in [-0.25, -0.2) is 4.79 Å². The summed E-state index contributed by atoms with van der Waals surface area (Å²) in [6.07, 6.45) is 0. The van der Waals surface area contributed by atoms with Gasteiger partial charge in [-0.1, -0.05) is 0 Å². The number of benzene rings is 1. The van der Waals surface area contributed by atoms with E-state index in [1.54, 1.807) is 6.92 Å². The molecule has 0 aromatic heterocycles. The van der Waals surface area contributed by atoms with Crippen LogP contribution in [0.4, 0.5) is 5.69 Å². The van der Waals surface area contributed by atoms with Gasteiger partial charge in [0, 0.05) is 6.07 Å². The molecule has 1 aromatic rings. The normalized spacial score (nSPS) is 9.41. The number of esters is 1. The molecule has 88 valence electrons. The minimum Gasteiger partial charge on any atom is -0.506 e. The van der Waals surface area contributed by atoms with Gasteiger partial charge in [0.15, 0.2) is 5.56 Å². The quantitative estimate of drug-likeness (QED) is 0.481. The number of ether oxygens (including phenoxy) is 1. The van der Waals surface area contributed by atoms with Crippen LogP contribution in [0.3, 0.4) is 0 Å². The van der Waals surface area contributed by atoms with Gasteiger partial charge >= 0.3 is 5.97 Å². The molecule has 0 bridgehead atoms. The zero-order valence-electron chi connectivity index (χ0n) is 8.84. The molecule has 0 aliphatic carbocycles. The van der Waals surface area contributed by atoms with Crippen LogP contribution in [-0.4, -0.2) is 22.6 Å². The second kappa shape index (κ2) is 4.94. The van der Waals surface area contributed by atoms with E-state index in [0.29, 0.717) is 0 Å². The molecule has 1 rings (SSSR count). The number of aromatic hydroxyl groups is 1. The minimum absolute atomic E-state index is 0.105. The Bertz CT molecular complexity index is 518. The largest absolute Gasteiger partial charge is 0.506 e. The molecule has 0 saturated heterocycles. The van der Waals surface area contributed by atoms with Crippen LogP contribution < -0.4 is 0 Å². The van der Waals surface area contributed by atoms with Crippen molar-refractivity contribution < 1.29 is 19.6 Å². The lowest BCUT2D eigenvalue weighted by Crippen LogP contribution is -2.06. The van der Waals surface area contributed by atoms with Gasteiger partial charge in [-0.05, 0) is 13.0 Å². The third-order valence-electron chi connectivity index (χ3n) is 1.92. The van der Waals surface area contributed by atoms with Gasteiger partial charge in [0.25, 0.3) is 5.69 Å². The molecule has 0 fully saturated rings. The van der Waals surface area contributed by atoms with Crippen molar-refractivity contribution in [1.29, 1.82) is 5.26 Å². The summed E-state index contributed by atoms with van der Waals surface area (Å²) in [5.74, 6) is -1.42. The van der Waals surface area contributed by atoms with Crippen molar-refractivity contribution in [2.24, 2.45) is 0 Å². The Morgan fingerprint density at radius 3 is 2.76 bits per heavy atom. The summed E-state index contributed by atoms with van der Waals surface area (Å²) in [6.45, 7) is 1.68. The molecule has 0 spiro atoms.